The molecule has 4 aromatic rings. The van der Waals surface area contributed by atoms with E-state index in [0.717, 1.165) is 22.2 Å². The number of aryl methyl sites for hydroxylation is 1. The van der Waals surface area contributed by atoms with Gasteiger partial charge in [0.1, 0.15) is 16.9 Å². The number of hydrogen-bond acceptors (Lipinski definition) is 5. The molecule has 0 bridgehead atoms. The van der Waals surface area contributed by atoms with E-state index in [1.54, 1.807) is 15.5 Å². The summed E-state index contributed by atoms with van der Waals surface area (Å²) in [6.45, 7) is 3.00. The number of amides is 1. The molecule has 2 aliphatic heterocycles. The Hall–Kier alpha value is -3.33. The van der Waals surface area contributed by atoms with Crippen LogP contribution < -0.4 is 0 Å². The Morgan fingerprint density at radius 3 is 2.85 bits per heavy atom. The third-order valence-corrected chi connectivity index (χ3v) is 6.72. The molecule has 6 rings (SSSR count). The van der Waals surface area contributed by atoms with E-state index in [4.69, 9.17) is 4.42 Å². The van der Waals surface area contributed by atoms with Crippen LogP contribution in [-0.2, 0) is 0 Å². The summed E-state index contributed by atoms with van der Waals surface area (Å²) in [5.74, 6) is -2.14. The summed E-state index contributed by atoms with van der Waals surface area (Å²) in [5, 5.41) is 0. The molecule has 3 aromatic heterocycles. The molecule has 0 radical (unpaired) electrons. The van der Waals surface area contributed by atoms with Crippen molar-refractivity contribution < 1.29 is 18.0 Å². The van der Waals surface area contributed by atoms with Crippen molar-refractivity contribution in [2.45, 2.75) is 31.7 Å². The maximum atomic E-state index is 13.6. The van der Waals surface area contributed by atoms with Gasteiger partial charge in [0.2, 0.25) is 0 Å². The van der Waals surface area contributed by atoms with Crippen LogP contribution in [0.3, 0.4) is 0 Å². The number of fused-ring (bicyclic) bond motifs is 2. The first-order valence-corrected chi connectivity index (χ1v) is 11.1. The highest BCUT2D eigenvalue weighted by Crippen LogP contribution is 2.31. The number of alkyl halides is 2. The summed E-state index contributed by atoms with van der Waals surface area (Å²) in [6, 6.07) is 9.63. The van der Waals surface area contributed by atoms with E-state index in [9.17, 15) is 13.6 Å². The smallest absolute Gasteiger partial charge is 0.272 e. The van der Waals surface area contributed by atoms with Crippen LogP contribution in [0.5, 0.6) is 0 Å². The Balaban J connectivity index is 1.27. The van der Waals surface area contributed by atoms with Gasteiger partial charge in [0.15, 0.2) is 11.5 Å². The second-order valence-corrected chi connectivity index (χ2v) is 8.97. The van der Waals surface area contributed by atoms with Gasteiger partial charge in [-0.2, -0.15) is 0 Å². The molecule has 2 fully saturated rings. The molecule has 5 heterocycles. The van der Waals surface area contributed by atoms with Gasteiger partial charge < -0.3 is 9.32 Å². The van der Waals surface area contributed by atoms with Crippen molar-refractivity contribution in [2.75, 3.05) is 26.2 Å². The van der Waals surface area contributed by atoms with Crippen molar-refractivity contribution in [3.8, 4) is 11.1 Å². The van der Waals surface area contributed by atoms with Crippen molar-refractivity contribution in [3.63, 3.8) is 0 Å². The lowest BCUT2D eigenvalue weighted by molar-refractivity contribution is 0.00813. The van der Waals surface area contributed by atoms with E-state index >= 15 is 0 Å². The molecule has 2 saturated heterocycles. The minimum Gasteiger partial charge on any atom is -0.441 e. The zero-order valence-electron chi connectivity index (χ0n) is 18.2. The zero-order chi connectivity index (χ0) is 22.7. The summed E-state index contributed by atoms with van der Waals surface area (Å²) < 4.78 is 34.6. The van der Waals surface area contributed by atoms with Crippen LogP contribution in [0.1, 0.15) is 29.2 Å². The van der Waals surface area contributed by atoms with Gasteiger partial charge in [0.05, 0.1) is 12.7 Å². The molecular formula is C24H23F2N5O2. The summed E-state index contributed by atoms with van der Waals surface area (Å²) in [4.78, 5) is 25.7. The van der Waals surface area contributed by atoms with Crippen LogP contribution in [-0.4, -0.2) is 68.2 Å². The Labute approximate surface area is 188 Å². The number of aromatic nitrogens is 3. The van der Waals surface area contributed by atoms with Crippen LogP contribution in [0.4, 0.5) is 8.78 Å². The van der Waals surface area contributed by atoms with Crippen LogP contribution in [0.25, 0.3) is 27.9 Å². The average Bonchev–Trinajstić information content (AvgIpc) is 3.56. The second-order valence-electron chi connectivity index (χ2n) is 8.97. The molecule has 0 aliphatic carbocycles. The number of rotatable bonds is 3. The topological polar surface area (TPSA) is 66.9 Å². The molecule has 1 unspecified atom stereocenters. The van der Waals surface area contributed by atoms with Crippen LogP contribution >= 0.6 is 0 Å². The van der Waals surface area contributed by atoms with E-state index < -0.39 is 5.92 Å². The minimum atomic E-state index is -2.62. The van der Waals surface area contributed by atoms with Crippen molar-refractivity contribution in [2.24, 2.45) is 0 Å². The Bertz CT molecular complexity index is 1380. The normalized spacial score (nSPS) is 20.9. The van der Waals surface area contributed by atoms with Crippen LogP contribution in [0, 0.1) is 6.92 Å². The fourth-order valence-corrected chi connectivity index (χ4v) is 4.99. The predicted octanol–water partition coefficient (Wildman–Crippen LogP) is 4.01. The highest BCUT2D eigenvalue weighted by atomic mass is 19.3. The van der Waals surface area contributed by atoms with Gasteiger partial charge in [-0.3, -0.25) is 14.1 Å². The van der Waals surface area contributed by atoms with Crippen molar-refractivity contribution in [3.05, 3.63) is 54.3 Å². The molecule has 2 aliphatic rings. The van der Waals surface area contributed by atoms with Crippen LogP contribution in [0.2, 0.25) is 0 Å². The molecule has 0 saturated carbocycles. The third kappa shape index (κ3) is 3.56. The SMILES string of the molecule is Cc1nc2cc(-c3ccc4ncc(C(=O)N5CCC(N6CCC(F)(F)C6)C5)n4c3)ccc2o1. The molecule has 1 aromatic carbocycles. The molecule has 9 heteroatoms. The molecule has 33 heavy (non-hydrogen) atoms. The fourth-order valence-electron chi connectivity index (χ4n) is 4.99. The number of nitrogens with zero attached hydrogens (tertiary/aromatic N) is 5. The lowest BCUT2D eigenvalue weighted by atomic mass is 10.1. The number of carbonyl (C=O) groups is 1. The van der Waals surface area contributed by atoms with E-state index in [1.807, 2.05) is 48.4 Å². The zero-order valence-corrected chi connectivity index (χ0v) is 18.2. The van der Waals surface area contributed by atoms with Gasteiger partial charge in [0, 0.05) is 45.2 Å². The van der Waals surface area contributed by atoms with Gasteiger partial charge in [-0.15, -0.1) is 0 Å². The van der Waals surface area contributed by atoms with Crippen LogP contribution in [0.15, 0.2) is 47.1 Å². The third-order valence-electron chi connectivity index (χ3n) is 6.72. The van der Waals surface area contributed by atoms with Crippen molar-refractivity contribution in [1.29, 1.82) is 0 Å². The largest absolute Gasteiger partial charge is 0.441 e. The molecule has 1 atom stereocenters. The van der Waals surface area contributed by atoms with Gasteiger partial charge in [-0.05, 0) is 41.8 Å². The first kappa shape index (κ1) is 20.3. The van der Waals surface area contributed by atoms with Crippen molar-refractivity contribution in [1.82, 2.24) is 24.2 Å². The average molecular weight is 451 g/mol. The minimum absolute atomic E-state index is 0.0188. The quantitative estimate of drug-likeness (QED) is 0.471. The summed E-state index contributed by atoms with van der Waals surface area (Å²) in [7, 11) is 0. The lowest BCUT2D eigenvalue weighted by Gasteiger charge is -2.23. The van der Waals surface area contributed by atoms with Crippen molar-refractivity contribution >= 4 is 22.7 Å². The number of pyridine rings is 1. The fraction of sp³-hybridized carbons (Fsp3) is 0.375. The summed E-state index contributed by atoms with van der Waals surface area (Å²) in [6.07, 6.45) is 4.09. The molecule has 170 valence electrons. The number of likely N-dealkylation sites (tertiary alicyclic amines) is 2. The predicted molar refractivity (Wildman–Crippen MR) is 118 cm³/mol. The van der Waals surface area contributed by atoms with E-state index in [2.05, 4.69) is 9.97 Å². The monoisotopic (exact) mass is 451 g/mol. The number of oxazole rings is 1. The number of carbonyl (C=O) groups excluding carboxylic acids is 1. The van der Waals surface area contributed by atoms with Gasteiger partial charge in [0.25, 0.3) is 11.8 Å². The summed E-state index contributed by atoms with van der Waals surface area (Å²) >= 11 is 0. The maximum absolute atomic E-state index is 13.6. The Kier molecular flexibility index (Phi) is 4.52. The number of hydrogen-bond donors (Lipinski definition) is 0. The highest BCUT2D eigenvalue weighted by Gasteiger charge is 2.43. The van der Waals surface area contributed by atoms with Gasteiger partial charge in [-0.25, -0.2) is 18.7 Å². The number of imidazole rings is 1. The first-order valence-electron chi connectivity index (χ1n) is 11.1. The molecule has 7 nitrogen and oxygen atoms in total. The van der Waals surface area contributed by atoms with E-state index in [1.165, 1.54) is 0 Å². The number of benzene rings is 1. The lowest BCUT2D eigenvalue weighted by Crippen LogP contribution is -2.39. The van der Waals surface area contributed by atoms with E-state index in [-0.39, 0.29) is 24.9 Å². The maximum Gasteiger partial charge on any atom is 0.272 e. The molecule has 0 spiro atoms. The molecule has 1 amide bonds. The van der Waals surface area contributed by atoms with E-state index in [0.29, 0.717) is 43.3 Å². The standard InChI is InChI=1S/C24H23F2N5O2/c1-15-28-19-10-16(2-4-21(19)33-15)17-3-5-22-27-11-20(31(22)12-17)23(32)29-8-6-18(13-29)30-9-7-24(25,26)14-30/h2-5,10-12,18H,6-9,13-14H2,1H3. The second kappa shape index (κ2) is 7.34. The first-order chi connectivity index (χ1) is 15.9. The van der Waals surface area contributed by atoms with Gasteiger partial charge >= 0.3 is 0 Å². The molecular weight excluding hydrogens is 428 g/mol. The molecule has 0 N–H and O–H groups in total. The Morgan fingerprint density at radius 1 is 1.18 bits per heavy atom. The Morgan fingerprint density at radius 2 is 2.03 bits per heavy atom. The van der Waals surface area contributed by atoms with Gasteiger partial charge in [-0.1, -0.05) is 6.07 Å². The highest BCUT2D eigenvalue weighted by molar-refractivity contribution is 5.93. The number of halogens is 2. The summed E-state index contributed by atoms with van der Waals surface area (Å²) in [5.41, 5.74) is 4.54.